The monoisotopic (exact) mass is 293 g/mol. The fraction of sp³-hybridized carbons (Fsp3) is 0.647. The largest absolute Gasteiger partial charge is 0.373 e. The number of halogens is 1. The average molecular weight is 294 g/mol. The van der Waals surface area contributed by atoms with Crippen LogP contribution in [0.5, 0.6) is 0 Å². The minimum absolute atomic E-state index is 0.313. The summed E-state index contributed by atoms with van der Waals surface area (Å²) in [5.74, 6) is 1.32. The zero-order valence-corrected chi connectivity index (χ0v) is 12.9. The molecule has 2 nitrogen and oxygen atoms in total. The topological polar surface area (TPSA) is 32.3 Å². The Labute approximate surface area is 126 Å². The van der Waals surface area contributed by atoms with Gasteiger partial charge < -0.3 is 10.4 Å². The summed E-state index contributed by atoms with van der Waals surface area (Å²) in [7, 11) is 0. The highest BCUT2D eigenvalue weighted by atomic mass is 35.5. The molecule has 1 aromatic rings. The highest BCUT2D eigenvalue weighted by molar-refractivity contribution is 6.20. The number of benzene rings is 1. The van der Waals surface area contributed by atoms with Gasteiger partial charge in [-0.2, -0.15) is 0 Å². The van der Waals surface area contributed by atoms with Gasteiger partial charge in [0.05, 0.1) is 0 Å². The van der Waals surface area contributed by atoms with Gasteiger partial charge >= 0.3 is 0 Å². The van der Waals surface area contributed by atoms with Crippen molar-refractivity contribution >= 4 is 17.3 Å². The Hall–Kier alpha value is -0.730. The average Bonchev–Trinajstić information content (AvgIpc) is 2.69. The van der Waals surface area contributed by atoms with E-state index in [-0.39, 0.29) is 0 Å². The molecular formula is C17H24ClNO. The maximum atomic E-state index is 9.70. The summed E-state index contributed by atoms with van der Waals surface area (Å²) in [5.41, 5.74) is 3.75. The van der Waals surface area contributed by atoms with E-state index in [0.29, 0.717) is 11.3 Å². The predicted molar refractivity (Wildman–Crippen MR) is 84.4 cm³/mol. The Morgan fingerprint density at radius 3 is 3.00 bits per heavy atom. The fourth-order valence-corrected chi connectivity index (χ4v) is 4.22. The number of alkyl halides is 1. The molecule has 4 unspecified atom stereocenters. The summed E-state index contributed by atoms with van der Waals surface area (Å²) in [5, 5.41) is 13.1. The molecular weight excluding hydrogens is 270 g/mol. The molecule has 0 radical (unpaired) electrons. The van der Waals surface area contributed by atoms with Crippen molar-refractivity contribution in [3.05, 3.63) is 29.3 Å². The standard InChI is InChI=1S/C17H24ClNO/c1-2-11-4-3-5-14(18)10-15(11)12-6-7-16-13(8-12)9-17(20)19-16/h6-8,11,14-15,17,19-20H,2-5,9-10H2,1H3. The van der Waals surface area contributed by atoms with E-state index in [4.69, 9.17) is 11.6 Å². The van der Waals surface area contributed by atoms with Crippen molar-refractivity contribution < 1.29 is 5.11 Å². The minimum atomic E-state index is -0.419. The normalized spacial score (nSPS) is 33.4. The molecule has 4 atom stereocenters. The van der Waals surface area contributed by atoms with Crippen LogP contribution in [-0.2, 0) is 6.42 Å². The number of hydrogen-bond acceptors (Lipinski definition) is 2. The van der Waals surface area contributed by atoms with Gasteiger partial charge in [0, 0.05) is 17.5 Å². The van der Waals surface area contributed by atoms with Crippen LogP contribution < -0.4 is 5.32 Å². The molecule has 2 aliphatic rings. The predicted octanol–water partition coefficient (Wildman–Crippen LogP) is 4.26. The van der Waals surface area contributed by atoms with Crippen LogP contribution in [0.25, 0.3) is 0 Å². The van der Waals surface area contributed by atoms with Crippen molar-refractivity contribution in [2.45, 2.75) is 63.0 Å². The van der Waals surface area contributed by atoms with Crippen LogP contribution in [0.1, 0.15) is 56.1 Å². The van der Waals surface area contributed by atoms with Crippen molar-refractivity contribution in [3.8, 4) is 0 Å². The molecule has 1 fully saturated rings. The number of fused-ring (bicyclic) bond motifs is 1. The number of nitrogens with one attached hydrogen (secondary N) is 1. The zero-order chi connectivity index (χ0) is 14.1. The molecule has 110 valence electrons. The van der Waals surface area contributed by atoms with Gasteiger partial charge in [-0.25, -0.2) is 0 Å². The molecule has 1 aromatic carbocycles. The van der Waals surface area contributed by atoms with Gasteiger partial charge in [0.2, 0.25) is 0 Å². The Morgan fingerprint density at radius 2 is 2.20 bits per heavy atom. The fourth-order valence-electron chi connectivity index (χ4n) is 3.88. The Kier molecular flexibility index (Phi) is 4.23. The van der Waals surface area contributed by atoms with Gasteiger partial charge in [-0.3, -0.25) is 0 Å². The lowest BCUT2D eigenvalue weighted by atomic mass is 9.80. The van der Waals surface area contributed by atoms with Gasteiger partial charge in [0.25, 0.3) is 0 Å². The van der Waals surface area contributed by atoms with Gasteiger partial charge in [-0.05, 0) is 48.3 Å². The van der Waals surface area contributed by atoms with E-state index in [9.17, 15) is 5.11 Å². The van der Waals surface area contributed by atoms with E-state index in [2.05, 4.69) is 30.4 Å². The third kappa shape index (κ3) is 2.82. The number of anilines is 1. The first kappa shape index (κ1) is 14.2. The van der Waals surface area contributed by atoms with Gasteiger partial charge in [-0.1, -0.05) is 31.9 Å². The summed E-state index contributed by atoms with van der Waals surface area (Å²) >= 11 is 6.48. The first-order chi connectivity index (χ1) is 9.67. The number of aliphatic hydroxyl groups excluding tert-OH is 1. The molecule has 2 N–H and O–H groups in total. The van der Waals surface area contributed by atoms with Crippen LogP contribution in [0.3, 0.4) is 0 Å². The zero-order valence-electron chi connectivity index (χ0n) is 12.1. The molecule has 3 heteroatoms. The molecule has 0 spiro atoms. The first-order valence-corrected chi connectivity index (χ1v) is 8.32. The molecule has 0 bridgehead atoms. The molecule has 1 heterocycles. The highest BCUT2D eigenvalue weighted by Crippen LogP contribution is 2.41. The molecule has 0 saturated heterocycles. The van der Waals surface area contributed by atoms with Crippen LogP contribution in [0.15, 0.2) is 18.2 Å². The number of aliphatic hydroxyl groups is 1. The van der Waals surface area contributed by atoms with Crippen molar-refractivity contribution in [1.29, 1.82) is 0 Å². The summed E-state index contributed by atoms with van der Waals surface area (Å²) in [6, 6.07) is 6.65. The van der Waals surface area contributed by atoms with Gasteiger partial charge in [0.1, 0.15) is 6.23 Å². The third-order valence-corrected chi connectivity index (χ3v) is 5.38. The molecule has 1 saturated carbocycles. The summed E-state index contributed by atoms with van der Waals surface area (Å²) in [6.07, 6.45) is 6.33. The second kappa shape index (κ2) is 5.95. The van der Waals surface area contributed by atoms with Crippen LogP contribution in [0, 0.1) is 5.92 Å². The maximum absolute atomic E-state index is 9.70. The lowest BCUT2D eigenvalue weighted by Crippen LogP contribution is -2.13. The number of hydrogen-bond donors (Lipinski definition) is 2. The molecule has 1 aliphatic carbocycles. The van der Waals surface area contributed by atoms with Crippen LogP contribution in [-0.4, -0.2) is 16.7 Å². The summed E-state index contributed by atoms with van der Waals surface area (Å²) in [6.45, 7) is 2.30. The van der Waals surface area contributed by atoms with Gasteiger partial charge in [0.15, 0.2) is 0 Å². The SMILES string of the molecule is CCC1CCCC(Cl)CC1c1ccc2c(c1)CC(O)N2. The lowest BCUT2D eigenvalue weighted by molar-refractivity contribution is 0.212. The first-order valence-electron chi connectivity index (χ1n) is 7.89. The minimum Gasteiger partial charge on any atom is -0.373 e. The lowest BCUT2D eigenvalue weighted by Gasteiger charge is -2.25. The molecule has 20 heavy (non-hydrogen) atoms. The molecule has 0 amide bonds. The van der Waals surface area contributed by atoms with Crippen molar-refractivity contribution in [2.24, 2.45) is 5.92 Å². The second-order valence-electron chi connectivity index (χ2n) is 6.32. The van der Waals surface area contributed by atoms with Crippen LogP contribution in [0.2, 0.25) is 0 Å². The second-order valence-corrected chi connectivity index (χ2v) is 6.94. The number of rotatable bonds is 2. The van der Waals surface area contributed by atoms with E-state index in [1.807, 2.05) is 0 Å². The summed E-state index contributed by atoms with van der Waals surface area (Å²) < 4.78 is 0. The van der Waals surface area contributed by atoms with E-state index in [1.165, 1.54) is 30.4 Å². The molecule has 0 aromatic heterocycles. The van der Waals surface area contributed by atoms with Crippen LogP contribution >= 0.6 is 11.6 Å². The third-order valence-electron chi connectivity index (χ3n) is 4.99. The van der Waals surface area contributed by atoms with E-state index in [0.717, 1.165) is 30.9 Å². The van der Waals surface area contributed by atoms with E-state index < -0.39 is 6.23 Å². The maximum Gasteiger partial charge on any atom is 0.128 e. The summed E-state index contributed by atoms with van der Waals surface area (Å²) in [4.78, 5) is 0. The Balaban J connectivity index is 1.88. The Bertz CT molecular complexity index is 476. The van der Waals surface area contributed by atoms with Crippen molar-refractivity contribution in [2.75, 3.05) is 5.32 Å². The smallest absolute Gasteiger partial charge is 0.128 e. The van der Waals surface area contributed by atoms with Crippen LogP contribution in [0.4, 0.5) is 5.69 Å². The highest BCUT2D eigenvalue weighted by Gasteiger charge is 2.29. The Morgan fingerprint density at radius 1 is 1.35 bits per heavy atom. The molecule has 1 aliphatic heterocycles. The molecule has 3 rings (SSSR count). The van der Waals surface area contributed by atoms with E-state index >= 15 is 0 Å². The van der Waals surface area contributed by atoms with E-state index in [1.54, 1.807) is 0 Å². The van der Waals surface area contributed by atoms with Gasteiger partial charge in [-0.15, -0.1) is 11.6 Å². The quantitative estimate of drug-likeness (QED) is 0.631. The van der Waals surface area contributed by atoms with Crippen molar-refractivity contribution in [1.82, 2.24) is 0 Å². The van der Waals surface area contributed by atoms with Crippen molar-refractivity contribution in [3.63, 3.8) is 0 Å².